The van der Waals surface area contributed by atoms with E-state index in [-0.39, 0.29) is 51.5 Å². The summed E-state index contributed by atoms with van der Waals surface area (Å²) in [6.07, 6.45) is 13.6. The number of aldehydes is 1. The number of carbonyl (C=O) groups excluding carboxylic acids is 2. The molecule has 3 saturated carbocycles. The van der Waals surface area contributed by atoms with Gasteiger partial charge in [0.05, 0.1) is 19.1 Å². The lowest BCUT2D eigenvalue weighted by atomic mass is 9.35. The molecular formula is C31H46O4. The number of hydrogen-bond donors (Lipinski definition) is 1. The summed E-state index contributed by atoms with van der Waals surface area (Å²) in [6.45, 7) is 14.2. The van der Waals surface area contributed by atoms with Crippen LogP contribution in [-0.4, -0.2) is 31.1 Å². The molecule has 35 heavy (non-hydrogen) atoms. The van der Waals surface area contributed by atoms with Gasteiger partial charge in [-0.1, -0.05) is 59.3 Å². The number of aliphatic hydroxyl groups excluding tert-OH is 1. The number of methoxy groups -OCH3 is 1. The van der Waals surface area contributed by atoms with Crippen LogP contribution in [0.3, 0.4) is 0 Å². The second-order valence-electron chi connectivity index (χ2n) is 14.5. The smallest absolute Gasteiger partial charge is 0.312 e. The number of hydrogen-bond acceptors (Lipinski definition) is 4. The number of carbonyl (C=O) groups is 2. The highest BCUT2D eigenvalue weighted by atomic mass is 16.5. The van der Waals surface area contributed by atoms with Crippen molar-refractivity contribution in [3.8, 4) is 0 Å². The fourth-order valence-electron chi connectivity index (χ4n) is 10.4. The van der Waals surface area contributed by atoms with Crippen LogP contribution in [-0.2, 0) is 14.3 Å². The SMILES string of the molecule is COC(=O)[C@]12CCC(C)(C)C[C@H]1C1=CC[C@@H]3[C@@]4(C)C(C=O)=C[C@@](C)(CO)[C@@H]4CC[C@@]3(C)[C@]1(C)CC2. The first-order valence-corrected chi connectivity index (χ1v) is 13.9. The van der Waals surface area contributed by atoms with E-state index in [2.05, 4.69) is 53.7 Å². The topological polar surface area (TPSA) is 63.6 Å². The molecule has 0 aromatic rings. The van der Waals surface area contributed by atoms with Crippen molar-refractivity contribution in [2.45, 2.75) is 92.9 Å². The first-order valence-electron chi connectivity index (χ1n) is 13.9. The molecule has 5 rings (SSSR count). The van der Waals surface area contributed by atoms with Gasteiger partial charge < -0.3 is 9.84 Å². The molecule has 3 fully saturated rings. The van der Waals surface area contributed by atoms with Crippen molar-refractivity contribution >= 4 is 12.3 Å². The Labute approximate surface area is 212 Å². The Balaban J connectivity index is 1.63. The summed E-state index contributed by atoms with van der Waals surface area (Å²) in [6, 6.07) is 0. The molecule has 0 radical (unpaired) electrons. The van der Waals surface area contributed by atoms with E-state index < -0.39 is 5.41 Å². The first-order chi connectivity index (χ1) is 16.3. The van der Waals surface area contributed by atoms with Gasteiger partial charge in [-0.05, 0) is 90.9 Å². The highest BCUT2D eigenvalue weighted by Gasteiger charge is 2.70. The summed E-state index contributed by atoms with van der Waals surface area (Å²) in [7, 11) is 1.56. The first kappa shape index (κ1) is 25.2. The van der Waals surface area contributed by atoms with Crippen LogP contribution in [0.15, 0.2) is 23.3 Å². The number of esters is 1. The maximum atomic E-state index is 13.3. The van der Waals surface area contributed by atoms with Crippen LogP contribution in [0.2, 0.25) is 0 Å². The summed E-state index contributed by atoms with van der Waals surface area (Å²) >= 11 is 0. The molecule has 0 bridgehead atoms. The maximum Gasteiger partial charge on any atom is 0.312 e. The third-order valence-electron chi connectivity index (χ3n) is 12.7. The van der Waals surface area contributed by atoms with Crippen LogP contribution in [0.25, 0.3) is 0 Å². The molecule has 194 valence electrons. The largest absolute Gasteiger partial charge is 0.469 e. The highest BCUT2D eigenvalue weighted by molar-refractivity contribution is 5.79. The van der Waals surface area contributed by atoms with E-state index >= 15 is 0 Å². The van der Waals surface area contributed by atoms with Crippen LogP contribution in [0.5, 0.6) is 0 Å². The molecule has 0 unspecified atom stereocenters. The van der Waals surface area contributed by atoms with Crippen LogP contribution < -0.4 is 0 Å². The van der Waals surface area contributed by atoms with Crippen molar-refractivity contribution in [2.24, 2.45) is 50.2 Å². The van der Waals surface area contributed by atoms with Crippen LogP contribution in [0.4, 0.5) is 0 Å². The third kappa shape index (κ3) is 2.95. The van der Waals surface area contributed by atoms with Gasteiger partial charge in [-0.15, -0.1) is 0 Å². The van der Waals surface area contributed by atoms with E-state index in [1.807, 2.05) is 0 Å². The summed E-state index contributed by atoms with van der Waals surface area (Å²) in [5.74, 6) is 0.843. The second-order valence-corrected chi connectivity index (χ2v) is 14.5. The Bertz CT molecular complexity index is 1010. The molecule has 8 atom stereocenters. The molecule has 0 aromatic heterocycles. The number of ether oxygens (including phenoxy) is 1. The fraction of sp³-hybridized carbons (Fsp3) is 0.806. The highest BCUT2D eigenvalue weighted by Crippen LogP contribution is 2.76. The van der Waals surface area contributed by atoms with Crippen LogP contribution in [0, 0.1) is 50.2 Å². The van der Waals surface area contributed by atoms with Gasteiger partial charge in [0.25, 0.3) is 0 Å². The molecule has 0 amide bonds. The second kappa shape index (κ2) is 7.55. The van der Waals surface area contributed by atoms with Crippen molar-refractivity contribution < 1.29 is 19.4 Å². The van der Waals surface area contributed by atoms with Gasteiger partial charge in [0.2, 0.25) is 0 Å². The molecule has 0 saturated heterocycles. The van der Waals surface area contributed by atoms with Gasteiger partial charge in [0.1, 0.15) is 6.29 Å². The summed E-state index contributed by atoms with van der Waals surface area (Å²) in [5, 5.41) is 10.4. The molecular weight excluding hydrogens is 436 g/mol. The average Bonchev–Trinajstić information content (AvgIpc) is 3.05. The minimum atomic E-state index is -0.392. The molecule has 5 aliphatic carbocycles. The van der Waals surface area contributed by atoms with Gasteiger partial charge in [0.15, 0.2) is 0 Å². The summed E-state index contributed by atoms with van der Waals surface area (Å²) in [5.41, 5.74) is 1.68. The molecule has 5 aliphatic rings. The predicted molar refractivity (Wildman–Crippen MR) is 137 cm³/mol. The Morgan fingerprint density at radius 2 is 1.74 bits per heavy atom. The van der Waals surface area contributed by atoms with E-state index in [0.29, 0.717) is 5.92 Å². The molecule has 1 N–H and O–H groups in total. The van der Waals surface area contributed by atoms with E-state index in [9.17, 15) is 14.7 Å². The van der Waals surface area contributed by atoms with Gasteiger partial charge in [-0.3, -0.25) is 9.59 Å². The molecule has 0 aromatic carbocycles. The van der Waals surface area contributed by atoms with Crippen molar-refractivity contribution in [3.05, 3.63) is 23.3 Å². The number of rotatable bonds is 3. The lowest BCUT2D eigenvalue weighted by Gasteiger charge is -2.68. The predicted octanol–water partition coefficient (Wildman–Crippen LogP) is 6.28. The normalized spacial score (nSPS) is 50.0. The fourth-order valence-corrected chi connectivity index (χ4v) is 10.4. The molecule has 0 aliphatic heterocycles. The maximum absolute atomic E-state index is 13.3. The standard InChI is InChI=1S/C31H46O4/c1-26(2)12-14-31(25(34)35-7)15-13-28(4)21(22(31)17-26)8-9-24-29(28,5)11-10-23-27(3,19-33)16-20(18-32)30(23,24)6/h8,16,18,22-24,33H,9-15,17,19H2,1-7H3/t22-,23-,24-,27-,28+,29+,30-,31-/m0/s1. The minimum absolute atomic E-state index is 0.00823. The van der Waals surface area contributed by atoms with Crippen LogP contribution in [0.1, 0.15) is 92.9 Å². The number of allylic oxidation sites excluding steroid dienone is 3. The quantitative estimate of drug-likeness (QED) is 0.292. The minimum Gasteiger partial charge on any atom is -0.469 e. The lowest BCUT2D eigenvalue weighted by Crippen LogP contribution is -2.62. The van der Waals surface area contributed by atoms with Gasteiger partial charge in [-0.25, -0.2) is 0 Å². The number of aliphatic hydroxyl groups is 1. The monoisotopic (exact) mass is 482 g/mol. The van der Waals surface area contributed by atoms with Crippen molar-refractivity contribution in [2.75, 3.05) is 13.7 Å². The zero-order valence-electron chi connectivity index (χ0n) is 23.0. The average molecular weight is 483 g/mol. The Hall–Kier alpha value is -1.42. The van der Waals surface area contributed by atoms with Crippen molar-refractivity contribution in [1.82, 2.24) is 0 Å². The van der Waals surface area contributed by atoms with Gasteiger partial charge in [0, 0.05) is 10.8 Å². The zero-order chi connectivity index (χ0) is 25.7. The van der Waals surface area contributed by atoms with Gasteiger partial charge >= 0.3 is 5.97 Å². The summed E-state index contributed by atoms with van der Waals surface area (Å²) in [4.78, 5) is 25.7. The van der Waals surface area contributed by atoms with E-state index in [1.54, 1.807) is 7.11 Å². The molecule has 0 spiro atoms. The molecule has 0 heterocycles. The zero-order valence-corrected chi connectivity index (χ0v) is 23.0. The number of fused-ring (bicyclic) bond motifs is 7. The Kier molecular flexibility index (Phi) is 5.45. The molecule has 4 heteroatoms. The third-order valence-corrected chi connectivity index (χ3v) is 12.7. The van der Waals surface area contributed by atoms with Gasteiger partial charge in [-0.2, -0.15) is 0 Å². The van der Waals surface area contributed by atoms with E-state index in [4.69, 9.17) is 4.74 Å². The summed E-state index contributed by atoms with van der Waals surface area (Å²) < 4.78 is 5.46. The van der Waals surface area contributed by atoms with E-state index in [1.165, 1.54) is 5.57 Å². The lowest BCUT2D eigenvalue weighted by molar-refractivity contribution is -0.175. The Morgan fingerprint density at radius 1 is 1.06 bits per heavy atom. The van der Waals surface area contributed by atoms with Crippen molar-refractivity contribution in [3.63, 3.8) is 0 Å². The van der Waals surface area contributed by atoms with Crippen molar-refractivity contribution in [1.29, 1.82) is 0 Å². The van der Waals surface area contributed by atoms with Crippen LogP contribution >= 0.6 is 0 Å². The Morgan fingerprint density at radius 3 is 2.37 bits per heavy atom. The van der Waals surface area contributed by atoms with E-state index in [0.717, 1.165) is 63.2 Å². The molecule has 4 nitrogen and oxygen atoms in total.